The molecule has 3 rings (SSSR count). The first-order chi connectivity index (χ1) is 13.2. The zero-order valence-electron chi connectivity index (χ0n) is 15.4. The molecule has 0 spiro atoms. The summed E-state index contributed by atoms with van der Waals surface area (Å²) < 4.78 is 4.76. The van der Waals surface area contributed by atoms with E-state index >= 15 is 0 Å². The van der Waals surface area contributed by atoms with Gasteiger partial charge in [0.2, 0.25) is 5.95 Å². The maximum absolute atomic E-state index is 11.7. The van der Waals surface area contributed by atoms with Gasteiger partial charge in [-0.05, 0) is 36.8 Å². The van der Waals surface area contributed by atoms with Crippen molar-refractivity contribution in [1.82, 2.24) is 9.97 Å². The van der Waals surface area contributed by atoms with Crippen LogP contribution < -0.4 is 10.2 Å². The lowest BCUT2D eigenvalue weighted by Crippen LogP contribution is -2.24. The number of rotatable bonds is 7. The van der Waals surface area contributed by atoms with Crippen molar-refractivity contribution in [1.29, 1.82) is 0 Å². The fourth-order valence-electron chi connectivity index (χ4n) is 2.69. The molecule has 0 radical (unpaired) electrons. The van der Waals surface area contributed by atoms with E-state index in [2.05, 4.69) is 39.2 Å². The van der Waals surface area contributed by atoms with Crippen LogP contribution in [0.5, 0.6) is 0 Å². The Morgan fingerprint density at radius 2 is 1.93 bits per heavy atom. The Morgan fingerprint density at radius 3 is 2.67 bits per heavy atom. The molecule has 3 aromatic rings. The topological polar surface area (TPSA) is 67.4 Å². The number of hydrogen-bond donors (Lipinski definition) is 1. The summed E-state index contributed by atoms with van der Waals surface area (Å²) >= 11 is 0. The number of carbonyl (C=O) groups is 1. The highest BCUT2D eigenvalue weighted by atomic mass is 16.5. The number of carbonyl (C=O) groups excluding carboxylic acids is 1. The second-order valence-corrected chi connectivity index (χ2v) is 5.94. The molecule has 0 aliphatic heterocycles. The number of ether oxygens (including phenoxy) is 1. The van der Waals surface area contributed by atoms with E-state index in [0.29, 0.717) is 17.3 Å². The molecule has 0 aliphatic carbocycles. The van der Waals surface area contributed by atoms with Crippen LogP contribution in [0.25, 0.3) is 0 Å². The molecule has 0 amide bonds. The number of anilines is 3. The van der Waals surface area contributed by atoms with Gasteiger partial charge in [0.15, 0.2) is 0 Å². The van der Waals surface area contributed by atoms with Crippen LogP contribution in [-0.2, 0) is 11.3 Å². The largest absolute Gasteiger partial charge is 0.465 e. The number of nitrogens with zero attached hydrogens (tertiary/aromatic N) is 3. The van der Waals surface area contributed by atoms with E-state index in [1.165, 1.54) is 12.7 Å². The molecule has 0 unspecified atom stereocenters. The van der Waals surface area contributed by atoms with Gasteiger partial charge in [-0.1, -0.05) is 36.4 Å². The van der Waals surface area contributed by atoms with Crippen LogP contribution in [0.3, 0.4) is 0 Å². The third-order valence-electron chi connectivity index (χ3n) is 4.08. The second-order valence-electron chi connectivity index (χ2n) is 5.94. The van der Waals surface area contributed by atoms with Crippen molar-refractivity contribution in [2.45, 2.75) is 13.5 Å². The first-order valence-electron chi connectivity index (χ1n) is 8.77. The summed E-state index contributed by atoms with van der Waals surface area (Å²) in [6, 6.07) is 19.1. The summed E-state index contributed by atoms with van der Waals surface area (Å²) in [5.74, 6) is 0.936. The molecule has 1 N–H and O–H groups in total. The van der Waals surface area contributed by atoms with Gasteiger partial charge in [0, 0.05) is 25.0 Å². The number of methoxy groups -OCH3 is 1. The molecule has 1 heterocycles. The van der Waals surface area contributed by atoms with Crippen LogP contribution in [-0.4, -0.2) is 29.6 Å². The highest BCUT2D eigenvalue weighted by molar-refractivity contribution is 5.90. The lowest BCUT2D eigenvalue weighted by molar-refractivity contribution is 0.0601. The monoisotopic (exact) mass is 362 g/mol. The van der Waals surface area contributed by atoms with Gasteiger partial charge < -0.3 is 15.0 Å². The summed E-state index contributed by atoms with van der Waals surface area (Å²) in [6.07, 6.45) is 1.72. The van der Waals surface area contributed by atoms with Gasteiger partial charge in [-0.3, -0.25) is 0 Å². The van der Waals surface area contributed by atoms with Crippen LogP contribution in [0.1, 0.15) is 22.8 Å². The lowest BCUT2D eigenvalue weighted by Gasteiger charge is -2.21. The fourth-order valence-corrected chi connectivity index (χ4v) is 2.69. The summed E-state index contributed by atoms with van der Waals surface area (Å²) in [5.41, 5.74) is 2.44. The van der Waals surface area contributed by atoms with Crippen molar-refractivity contribution in [3.8, 4) is 0 Å². The zero-order chi connectivity index (χ0) is 19.1. The van der Waals surface area contributed by atoms with E-state index in [1.54, 1.807) is 30.5 Å². The second kappa shape index (κ2) is 8.80. The third-order valence-corrected chi connectivity index (χ3v) is 4.08. The van der Waals surface area contributed by atoms with Crippen LogP contribution in [0.15, 0.2) is 66.9 Å². The molecular weight excluding hydrogens is 340 g/mol. The average molecular weight is 362 g/mol. The van der Waals surface area contributed by atoms with E-state index < -0.39 is 0 Å². The maximum atomic E-state index is 11.7. The van der Waals surface area contributed by atoms with Crippen molar-refractivity contribution in [2.75, 3.05) is 23.9 Å². The van der Waals surface area contributed by atoms with Crippen molar-refractivity contribution < 1.29 is 9.53 Å². The van der Waals surface area contributed by atoms with E-state index in [0.717, 1.165) is 18.8 Å². The van der Waals surface area contributed by atoms with Crippen molar-refractivity contribution in [2.24, 2.45) is 0 Å². The van der Waals surface area contributed by atoms with Crippen LogP contribution in [0.4, 0.5) is 17.5 Å². The molecule has 2 aromatic carbocycles. The number of aromatic nitrogens is 2. The smallest absolute Gasteiger partial charge is 0.337 e. The van der Waals surface area contributed by atoms with E-state index in [-0.39, 0.29) is 5.97 Å². The van der Waals surface area contributed by atoms with Gasteiger partial charge in [0.1, 0.15) is 5.82 Å². The Balaban J connectivity index is 1.78. The molecule has 0 bridgehead atoms. The molecule has 1 aromatic heterocycles. The maximum Gasteiger partial charge on any atom is 0.337 e. The van der Waals surface area contributed by atoms with Gasteiger partial charge in [-0.15, -0.1) is 0 Å². The standard InChI is InChI=1S/C21H22N4O2/c1-3-25(15-16-8-5-4-6-9-16)21-22-13-12-19(24-21)23-18-11-7-10-17(14-18)20(26)27-2/h4-14H,3,15H2,1-2H3,(H,22,23,24). The predicted molar refractivity (Wildman–Crippen MR) is 106 cm³/mol. The SMILES string of the molecule is CCN(Cc1ccccc1)c1nccc(Nc2cccc(C(=O)OC)c2)n1. The summed E-state index contributed by atoms with van der Waals surface area (Å²) in [5, 5.41) is 3.22. The quantitative estimate of drug-likeness (QED) is 0.640. The number of benzene rings is 2. The summed E-state index contributed by atoms with van der Waals surface area (Å²) in [6.45, 7) is 3.60. The molecule has 0 saturated heterocycles. The molecule has 138 valence electrons. The van der Waals surface area contributed by atoms with E-state index in [1.807, 2.05) is 24.3 Å². The van der Waals surface area contributed by atoms with Gasteiger partial charge in [0.25, 0.3) is 0 Å². The molecular formula is C21H22N4O2. The average Bonchev–Trinajstić information content (AvgIpc) is 2.72. The van der Waals surface area contributed by atoms with Crippen molar-refractivity contribution in [3.63, 3.8) is 0 Å². The highest BCUT2D eigenvalue weighted by Gasteiger charge is 2.10. The number of hydrogen-bond acceptors (Lipinski definition) is 6. The molecule has 6 nitrogen and oxygen atoms in total. The number of nitrogens with one attached hydrogen (secondary N) is 1. The van der Waals surface area contributed by atoms with Gasteiger partial charge >= 0.3 is 5.97 Å². The van der Waals surface area contributed by atoms with E-state index in [9.17, 15) is 4.79 Å². The molecule has 0 aliphatic rings. The molecule has 27 heavy (non-hydrogen) atoms. The Labute approximate surface area is 158 Å². The zero-order valence-corrected chi connectivity index (χ0v) is 15.4. The van der Waals surface area contributed by atoms with Gasteiger partial charge in [-0.2, -0.15) is 4.98 Å². The Bertz CT molecular complexity index is 899. The molecule has 0 fully saturated rings. The van der Waals surface area contributed by atoms with Gasteiger partial charge in [0.05, 0.1) is 12.7 Å². The predicted octanol–water partition coefficient (Wildman–Crippen LogP) is 4.03. The lowest BCUT2D eigenvalue weighted by atomic mass is 10.2. The van der Waals surface area contributed by atoms with Crippen LogP contribution in [0.2, 0.25) is 0 Å². The fraction of sp³-hybridized carbons (Fsp3) is 0.190. The Kier molecular flexibility index (Phi) is 5.99. The number of esters is 1. The minimum atomic E-state index is -0.373. The first-order valence-corrected chi connectivity index (χ1v) is 8.77. The van der Waals surface area contributed by atoms with Crippen LogP contribution >= 0.6 is 0 Å². The Hall–Kier alpha value is -3.41. The van der Waals surface area contributed by atoms with Gasteiger partial charge in [-0.25, -0.2) is 9.78 Å². The highest BCUT2D eigenvalue weighted by Crippen LogP contribution is 2.19. The molecule has 6 heteroatoms. The summed E-state index contributed by atoms with van der Waals surface area (Å²) in [7, 11) is 1.37. The first kappa shape index (κ1) is 18.4. The third kappa shape index (κ3) is 4.82. The molecule has 0 atom stereocenters. The van der Waals surface area contributed by atoms with E-state index in [4.69, 9.17) is 4.74 Å². The minimum Gasteiger partial charge on any atom is -0.465 e. The van der Waals surface area contributed by atoms with Crippen molar-refractivity contribution >= 4 is 23.4 Å². The normalized spacial score (nSPS) is 10.3. The minimum absolute atomic E-state index is 0.373. The Morgan fingerprint density at radius 1 is 1.11 bits per heavy atom. The summed E-state index contributed by atoms with van der Waals surface area (Å²) in [4.78, 5) is 22.8. The molecule has 0 saturated carbocycles. The van der Waals surface area contributed by atoms with Crippen molar-refractivity contribution in [3.05, 3.63) is 78.0 Å². The van der Waals surface area contributed by atoms with Crippen LogP contribution in [0, 0.1) is 0 Å².